The van der Waals surface area contributed by atoms with E-state index < -0.39 is 0 Å². The summed E-state index contributed by atoms with van der Waals surface area (Å²) in [5.41, 5.74) is 3.61. The van der Waals surface area contributed by atoms with E-state index in [-0.39, 0.29) is 0 Å². The molecule has 0 radical (unpaired) electrons. The molecule has 1 aromatic carbocycles. The van der Waals surface area contributed by atoms with Crippen LogP contribution in [0.25, 0.3) is 0 Å². The van der Waals surface area contributed by atoms with Crippen LogP contribution < -0.4 is 4.90 Å². The molecule has 0 fully saturated rings. The molecule has 0 unspecified atom stereocenters. The molecule has 0 aliphatic heterocycles. The lowest BCUT2D eigenvalue weighted by Gasteiger charge is -2.24. The summed E-state index contributed by atoms with van der Waals surface area (Å²) in [4.78, 5) is 15.3. The maximum absolute atomic E-state index is 4.58. The van der Waals surface area contributed by atoms with Gasteiger partial charge in [-0.3, -0.25) is 9.97 Å². The summed E-state index contributed by atoms with van der Waals surface area (Å²) in [5.74, 6) is 1.04. The van der Waals surface area contributed by atoms with E-state index >= 15 is 0 Å². The fourth-order valence-corrected chi connectivity index (χ4v) is 2.83. The van der Waals surface area contributed by atoms with Crippen LogP contribution >= 0.6 is 0 Å². The molecule has 0 N–H and O–H groups in total. The Morgan fingerprint density at radius 1 is 0.778 bits per heavy atom. The summed E-state index contributed by atoms with van der Waals surface area (Å²) in [6.45, 7) is 8.52. The first-order valence-corrected chi connectivity index (χ1v) is 9.70. The van der Waals surface area contributed by atoms with Gasteiger partial charge >= 0.3 is 0 Å². The van der Waals surface area contributed by atoms with Gasteiger partial charge in [-0.2, -0.15) is 0 Å². The van der Waals surface area contributed by atoms with Gasteiger partial charge in [0.1, 0.15) is 0 Å². The minimum atomic E-state index is 0.841. The number of hydrogen-bond donors (Lipinski definition) is 0. The summed E-state index contributed by atoms with van der Waals surface area (Å²) in [5, 5.41) is 0. The van der Waals surface area contributed by atoms with E-state index in [0.717, 1.165) is 43.9 Å². The van der Waals surface area contributed by atoms with Crippen molar-refractivity contribution in [3.05, 3.63) is 84.1 Å². The molecular weight excluding hydrogens is 332 g/mol. The molecule has 27 heavy (non-hydrogen) atoms. The van der Waals surface area contributed by atoms with Crippen LogP contribution in [0.4, 0.5) is 5.82 Å². The van der Waals surface area contributed by atoms with E-state index in [9.17, 15) is 0 Å². The molecule has 2 aromatic heterocycles. The molecule has 0 amide bonds. The van der Waals surface area contributed by atoms with Crippen LogP contribution in [0.15, 0.2) is 67.3 Å². The number of aromatic nitrogens is 3. The van der Waals surface area contributed by atoms with Crippen LogP contribution in [-0.4, -0.2) is 28.0 Å². The zero-order valence-corrected chi connectivity index (χ0v) is 16.7. The standard InChI is InChI=1S/C17H23N3.C6H7N/c1-3-12-20(13-4-2)17-16(18-10-11-19-17)14-15-8-6-5-7-9-15;1-6-2-4-7-5-3-6/h5-11H,3-4,12-14H2,1-2H3;2-5H,1H3. The lowest BCUT2D eigenvalue weighted by molar-refractivity contribution is 0.725. The van der Waals surface area contributed by atoms with Gasteiger partial charge in [-0.1, -0.05) is 44.2 Å². The lowest BCUT2D eigenvalue weighted by atomic mass is 10.1. The molecule has 0 spiro atoms. The third-order valence-electron chi connectivity index (χ3n) is 4.10. The van der Waals surface area contributed by atoms with Crippen molar-refractivity contribution < 1.29 is 0 Å². The molecule has 0 saturated heterocycles. The highest BCUT2D eigenvalue weighted by Crippen LogP contribution is 2.19. The molecule has 142 valence electrons. The molecule has 0 saturated carbocycles. The highest BCUT2D eigenvalue weighted by molar-refractivity contribution is 5.45. The van der Waals surface area contributed by atoms with Crippen molar-refractivity contribution in [3.8, 4) is 0 Å². The van der Waals surface area contributed by atoms with E-state index in [1.807, 2.05) is 25.1 Å². The second-order valence-corrected chi connectivity index (χ2v) is 6.50. The van der Waals surface area contributed by atoms with Crippen molar-refractivity contribution in [1.29, 1.82) is 0 Å². The van der Waals surface area contributed by atoms with Gasteiger partial charge in [-0.25, -0.2) is 4.98 Å². The lowest BCUT2D eigenvalue weighted by Crippen LogP contribution is -2.27. The summed E-state index contributed by atoms with van der Waals surface area (Å²) in [7, 11) is 0. The average Bonchev–Trinajstić information content (AvgIpc) is 2.70. The Bertz CT molecular complexity index is 754. The van der Waals surface area contributed by atoms with Gasteiger partial charge < -0.3 is 4.90 Å². The predicted octanol–water partition coefficient (Wildman–Crippen LogP) is 5.08. The second kappa shape index (κ2) is 11.8. The maximum Gasteiger partial charge on any atom is 0.150 e. The third kappa shape index (κ3) is 7.18. The van der Waals surface area contributed by atoms with E-state index in [0.29, 0.717) is 0 Å². The molecule has 0 aliphatic rings. The van der Waals surface area contributed by atoms with Gasteiger partial charge in [-0.05, 0) is 43.0 Å². The second-order valence-electron chi connectivity index (χ2n) is 6.50. The van der Waals surface area contributed by atoms with Crippen molar-refractivity contribution in [2.24, 2.45) is 0 Å². The van der Waals surface area contributed by atoms with Gasteiger partial charge in [0, 0.05) is 44.3 Å². The van der Waals surface area contributed by atoms with Gasteiger partial charge in [0.05, 0.1) is 5.69 Å². The first kappa shape index (κ1) is 20.6. The highest BCUT2D eigenvalue weighted by atomic mass is 15.2. The molecule has 3 aromatic rings. The van der Waals surface area contributed by atoms with Crippen LogP contribution in [-0.2, 0) is 6.42 Å². The minimum Gasteiger partial charge on any atom is -0.355 e. The summed E-state index contributed by atoms with van der Waals surface area (Å²) in [6, 6.07) is 14.4. The fourth-order valence-electron chi connectivity index (χ4n) is 2.83. The normalized spacial score (nSPS) is 10.0. The number of nitrogens with zero attached hydrogens (tertiary/aromatic N) is 4. The smallest absolute Gasteiger partial charge is 0.150 e. The van der Waals surface area contributed by atoms with Gasteiger partial charge in [0.2, 0.25) is 0 Å². The number of aryl methyl sites for hydroxylation is 1. The Morgan fingerprint density at radius 3 is 1.96 bits per heavy atom. The van der Waals surface area contributed by atoms with Crippen LogP contribution in [0.2, 0.25) is 0 Å². The number of rotatable bonds is 7. The highest BCUT2D eigenvalue weighted by Gasteiger charge is 2.12. The topological polar surface area (TPSA) is 41.9 Å². The number of pyridine rings is 1. The predicted molar refractivity (Wildman–Crippen MR) is 113 cm³/mol. The van der Waals surface area contributed by atoms with E-state index in [2.05, 4.69) is 58.0 Å². The van der Waals surface area contributed by atoms with Gasteiger partial charge in [0.15, 0.2) is 5.82 Å². The van der Waals surface area contributed by atoms with Crippen molar-refractivity contribution in [2.45, 2.75) is 40.0 Å². The summed E-state index contributed by atoms with van der Waals surface area (Å²) >= 11 is 0. The molecule has 4 nitrogen and oxygen atoms in total. The molecular formula is C23H30N4. The Balaban J connectivity index is 0.000000313. The quantitative estimate of drug-likeness (QED) is 0.587. The Kier molecular flexibility index (Phi) is 8.98. The van der Waals surface area contributed by atoms with Crippen LogP contribution in [0.1, 0.15) is 43.5 Å². The van der Waals surface area contributed by atoms with Crippen molar-refractivity contribution in [2.75, 3.05) is 18.0 Å². The average molecular weight is 363 g/mol. The number of hydrogen-bond acceptors (Lipinski definition) is 4. The Labute approximate surface area is 163 Å². The Morgan fingerprint density at radius 2 is 1.41 bits per heavy atom. The molecule has 0 aliphatic carbocycles. The SMILES string of the molecule is CCCN(CCC)c1nccnc1Cc1ccccc1.Cc1ccncc1. The molecule has 2 heterocycles. The number of anilines is 1. The molecule has 4 heteroatoms. The largest absolute Gasteiger partial charge is 0.355 e. The van der Waals surface area contributed by atoms with Crippen LogP contribution in [0.3, 0.4) is 0 Å². The van der Waals surface area contributed by atoms with Crippen LogP contribution in [0, 0.1) is 6.92 Å². The summed E-state index contributed by atoms with van der Waals surface area (Å²) in [6.07, 6.45) is 10.3. The monoisotopic (exact) mass is 362 g/mol. The van der Waals surface area contributed by atoms with Crippen LogP contribution in [0.5, 0.6) is 0 Å². The van der Waals surface area contributed by atoms with E-state index in [1.54, 1.807) is 24.8 Å². The molecule has 0 atom stereocenters. The van der Waals surface area contributed by atoms with E-state index in [1.165, 1.54) is 11.1 Å². The molecule has 3 rings (SSSR count). The number of benzene rings is 1. The zero-order chi connectivity index (χ0) is 19.3. The van der Waals surface area contributed by atoms with Gasteiger partial charge in [-0.15, -0.1) is 0 Å². The first-order chi connectivity index (χ1) is 13.2. The van der Waals surface area contributed by atoms with Gasteiger partial charge in [0.25, 0.3) is 0 Å². The molecule has 0 bridgehead atoms. The fraction of sp³-hybridized carbons (Fsp3) is 0.348. The third-order valence-corrected chi connectivity index (χ3v) is 4.10. The van der Waals surface area contributed by atoms with E-state index in [4.69, 9.17) is 0 Å². The minimum absolute atomic E-state index is 0.841. The van der Waals surface area contributed by atoms with Crippen molar-refractivity contribution in [1.82, 2.24) is 15.0 Å². The zero-order valence-electron chi connectivity index (χ0n) is 16.7. The first-order valence-electron chi connectivity index (χ1n) is 9.70. The maximum atomic E-state index is 4.58. The van der Waals surface area contributed by atoms with Crippen molar-refractivity contribution >= 4 is 5.82 Å². The summed E-state index contributed by atoms with van der Waals surface area (Å²) < 4.78 is 0. The van der Waals surface area contributed by atoms with Crippen molar-refractivity contribution in [3.63, 3.8) is 0 Å². The Hall–Kier alpha value is -2.75.